The number of unbranched alkanes of at least 4 members (excludes halogenated alkanes) is 1. The van der Waals surface area contributed by atoms with Gasteiger partial charge in [-0.25, -0.2) is 0 Å². The van der Waals surface area contributed by atoms with Crippen molar-refractivity contribution in [1.29, 1.82) is 0 Å². The molecular formula is C28H44N2O5. The average molecular weight is 489 g/mol. The van der Waals surface area contributed by atoms with Crippen molar-refractivity contribution in [2.45, 2.75) is 77.7 Å². The van der Waals surface area contributed by atoms with Crippen molar-refractivity contribution in [3.63, 3.8) is 0 Å². The number of rotatable bonds is 14. The first-order chi connectivity index (χ1) is 16.9. The summed E-state index contributed by atoms with van der Waals surface area (Å²) in [4.78, 5) is 30.0. The minimum atomic E-state index is -0.779. The van der Waals surface area contributed by atoms with Crippen LogP contribution in [0.25, 0.3) is 0 Å². The van der Waals surface area contributed by atoms with Crippen molar-refractivity contribution < 1.29 is 24.5 Å². The van der Waals surface area contributed by atoms with Crippen LogP contribution in [0.2, 0.25) is 0 Å². The number of fused-ring (bicyclic) bond motifs is 1. The van der Waals surface area contributed by atoms with Gasteiger partial charge in [-0.2, -0.15) is 0 Å². The SMILES string of the molecule is CCCCN(CCCO)C(=O)CN1CC(c2ccc3c(c2)CCO3)C(C(=O)O)C1CC(C)CCC. The highest BCUT2D eigenvalue weighted by Gasteiger charge is 2.47. The van der Waals surface area contributed by atoms with E-state index in [1.54, 1.807) is 0 Å². The third-order valence-corrected chi connectivity index (χ3v) is 7.66. The van der Waals surface area contributed by atoms with Crippen molar-refractivity contribution in [2.24, 2.45) is 11.8 Å². The summed E-state index contributed by atoms with van der Waals surface area (Å²) in [7, 11) is 0. The molecule has 0 saturated carbocycles. The van der Waals surface area contributed by atoms with Crippen molar-refractivity contribution >= 4 is 11.9 Å². The Balaban J connectivity index is 1.86. The molecule has 7 heteroatoms. The van der Waals surface area contributed by atoms with E-state index in [0.29, 0.717) is 38.6 Å². The number of aliphatic hydroxyl groups excluding tert-OH is 1. The Morgan fingerprint density at radius 3 is 2.66 bits per heavy atom. The molecule has 2 heterocycles. The van der Waals surface area contributed by atoms with E-state index < -0.39 is 11.9 Å². The zero-order valence-electron chi connectivity index (χ0n) is 21.7. The molecule has 2 aliphatic rings. The molecule has 196 valence electrons. The molecule has 0 spiro atoms. The van der Waals surface area contributed by atoms with Crippen LogP contribution in [0.15, 0.2) is 18.2 Å². The van der Waals surface area contributed by atoms with Gasteiger partial charge in [-0.1, -0.05) is 52.2 Å². The summed E-state index contributed by atoms with van der Waals surface area (Å²) in [6.07, 6.45) is 6.21. The first-order valence-corrected chi connectivity index (χ1v) is 13.5. The predicted octanol–water partition coefficient (Wildman–Crippen LogP) is 3.93. The predicted molar refractivity (Wildman–Crippen MR) is 137 cm³/mol. The molecule has 2 aliphatic heterocycles. The number of ether oxygens (including phenoxy) is 1. The average Bonchev–Trinajstić information content (AvgIpc) is 3.43. The largest absolute Gasteiger partial charge is 0.493 e. The monoisotopic (exact) mass is 488 g/mol. The lowest BCUT2D eigenvalue weighted by Gasteiger charge is -2.31. The third-order valence-electron chi connectivity index (χ3n) is 7.66. The summed E-state index contributed by atoms with van der Waals surface area (Å²) in [5.74, 6) is -0.169. The van der Waals surface area contributed by atoms with E-state index in [0.717, 1.165) is 55.4 Å². The summed E-state index contributed by atoms with van der Waals surface area (Å²) in [5.41, 5.74) is 2.18. The highest BCUT2D eigenvalue weighted by Crippen LogP contribution is 2.42. The normalized spacial score (nSPS) is 22.6. The summed E-state index contributed by atoms with van der Waals surface area (Å²) in [6, 6.07) is 5.92. The van der Waals surface area contributed by atoms with Crippen molar-refractivity contribution in [2.75, 3.05) is 39.4 Å². The minimum absolute atomic E-state index is 0.0344. The number of benzene rings is 1. The Labute approximate surface area is 210 Å². The molecule has 4 atom stereocenters. The molecule has 0 aromatic heterocycles. The van der Waals surface area contributed by atoms with Crippen LogP contribution in [0.5, 0.6) is 5.75 Å². The molecular weight excluding hydrogens is 444 g/mol. The fourth-order valence-corrected chi connectivity index (χ4v) is 5.83. The molecule has 0 aliphatic carbocycles. The van der Waals surface area contributed by atoms with Gasteiger partial charge in [0.1, 0.15) is 5.75 Å². The van der Waals surface area contributed by atoms with Crippen LogP contribution in [0, 0.1) is 11.8 Å². The van der Waals surface area contributed by atoms with E-state index >= 15 is 0 Å². The second kappa shape index (κ2) is 13.3. The van der Waals surface area contributed by atoms with Crippen LogP contribution in [0.1, 0.15) is 76.3 Å². The lowest BCUT2D eigenvalue weighted by Crippen LogP contribution is -2.45. The Hall–Kier alpha value is -2.12. The minimum Gasteiger partial charge on any atom is -0.493 e. The van der Waals surface area contributed by atoms with Gasteiger partial charge in [0, 0.05) is 44.6 Å². The van der Waals surface area contributed by atoms with Crippen molar-refractivity contribution in [1.82, 2.24) is 9.80 Å². The Morgan fingerprint density at radius 2 is 1.97 bits per heavy atom. The van der Waals surface area contributed by atoms with E-state index in [9.17, 15) is 19.8 Å². The van der Waals surface area contributed by atoms with Gasteiger partial charge in [0.2, 0.25) is 5.91 Å². The number of hydrogen-bond donors (Lipinski definition) is 2. The molecule has 2 N–H and O–H groups in total. The molecule has 0 radical (unpaired) electrons. The fraction of sp³-hybridized carbons (Fsp3) is 0.714. The Bertz CT molecular complexity index is 837. The molecule has 1 fully saturated rings. The lowest BCUT2D eigenvalue weighted by molar-refractivity contribution is -0.144. The van der Waals surface area contributed by atoms with Crippen LogP contribution in [-0.4, -0.2) is 77.3 Å². The quantitative estimate of drug-likeness (QED) is 0.412. The van der Waals surface area contributed by atoms with Crippen LogP contribution < -0.4 is 4.74 Å². The smallest absolute Gasteiger partial charge is 0.308 e. The maximum atomic E-state index is 13.4. The van der Waals surface area contributed by atoms with E-state index in [1.807, 2.05) is 17.0 Å². The van der Waals surface area contributed by atoms with Gasteiger partial charge >= 0.3 is 5.97 Å². The van der Waals surface area contributed by atoms with E-state index in [4.69, 9.17) is 4.74 Å². The second-order valence-corrected chi connectivity index (χ2v) is 10.4. The summed E-state index contributed by atoms with van der Waals surface area (Å²) < 4.78 is 5.66. The highest BCUT2D eigenvalue weighted by molar-refractivity contribution is 5.79. The zero-order chi connectivity index (χ0) is 25.4. The molecule has 4 unspecified atom stereocenters. The van der Waals surface area contributed by atoms with Gasteiger partial charge in [0.25, 0.3) is 0 Å². The number of carbonyl (C=O) groups excluding carboxylic acids is 1. The second-order valence-electron chi connectivity index (χ2n) is 10.4. The van der Waals surface area contributed by atoms with E-state index in [2.05, 4.69) is 31.7 Å². The standard InChI is InChI=1S/C28H44N2O5/c1-4-6-12-29(13-7-14-31)26(32)19-30-18-23(21-9-10-25-22(17-21)11-15-35-25)27(28(33)34)24(30)16-20(3)8-5-2/h9-10,17,20,23-24,27,31H,4-8,11-16,18-19H2,1-3H3,(H,33,34). The van der Waals surface area contributed by atoms with Crippen LogP contribution >= 0.6 is 0 Å². The van der Waals surface area contributed by atoms with Gasteiger partial charge in [-0.3, -0.25) is 14.5 Å². The topological polar surface area (TPSA) is 90.3 Å². The van der Waals surface area contributed by atoms with Gasteiger partial charge in [0.15, 0.2) is 0 Å². The van der Waals surface area contributed by atoms with E-state index in [-0.39, 0.29) is 31.0 Å². The number of carbonyl (C=O) groups is 2. The summed E-state index contributed by atoms with van der Waals surface area (Å²) in [6.45, 7) is 9.19. The maximum absolute atomic E-state index is 13.4. The number of nitrogens with zero attached hydrogens (tertiary/aromatic N) is 2. The Kier molecular flexibility index (Phi) is 10.4. The van der Waals surface area contributed by atoms with Crippen LogP contribution in [-0.2, 0) is 16.0 Å². The molecule has 1 aromatic carbocycles. The van der Waals surface area contributed by atoms with Gasteiger partial charge in [-0.15, -0.1) is 0 Å². The molecule has 0 bridgehead atoms. The lowest BCUT2D eigenvalue weighted by atomic mass is 9.81. The first-order valence-electron chi connectivity index (χ1n) is 13.5. The number of carboxylic acids is 1. The molecule has 1 saturated heterocycles. The number of aliphatic carboxylic acids is 1. The fourth-order valence-electron chi connectivity index (χ4n) is 5.83. The van der Waals surface area contributed by atoms with E-state index in [1.165, 1.54) is 0 Å². The summed E-state index contributed by atoms with van der Waals surface area (Å²) in [5, 5.41) is 19.7. The molecule has 3 rings (SSSR count). The van der Waals surface area contributed by atoms with Crippen LogP contribution in [0.3, 0.4) is 0 Å². The third kappa shape index (κ3) is 6.98. The molecule has 1 amide bonds. The molecule has 35 heavy (non-hydrogen) atoms. The number of carboxylic acid groups (broad SMARTS) is 1. The first kappa shape index (κ1) is 27.5. The maximum Gasteiger partial charge on any atom is 0.308 e. The molecule has 7 nitrogen and oxygen atoms in total. The zero-order valence-corrected chi connectivity index (χ0v) is 21.7. The van der Waals surface area contributed by atoms with Gasteiger partial charge in [0.05, 0.1) is 19.1 Å². The number of amides is 1. The Morgan fingerprint density at radius 1 is 1.20 bits per heavy atom. The van der Waals surface area contributed by atoms with Gasteiger partial charge < -0.3 is 19.8 Å². The van der Waals surface area contributed by atoms with Crippen molar-refractivity contribution in [3.05, 3.63) is 29.3 Å². The number of likely N-dealkylation sites (tertiary alicyclic amines) is 1. The highest BCUT2D eigenvalue weighted by atomic mass is 16.5. The number of hydrogen-bond acceptors (Lipinski definition) is 5. The molecule has 1 aromatic rings. The van der Waals surface area contributed by atoms with Gasteiger partial charge in [-0.05, 0) is 42.4 Å². The number of aliphatic hydroxyl groups is 1. The summed E-state index contributed by atoms with van der Waals surface area (Å²) >= 11 is 0. The van der Waals surface area contributed by atoms with Crippen molar-refractivity contribution in [3.8, 4) is 5.75 Å². The van der Waals surface area contributed by atoms with Crippen LogP contribution in [0.4, 0.5) is 0 Å².